The van der Waals surface area contributed by atoms with Gasteiger partial charge >= 0.3 is 0 Å². The van der Waals surface area contributed by atoms with Crippen LogP contribution in [0, 0.1) is 0 Å². The molecule has 4 rings (SSSR count). The van der Waals surface area contributed by atoms with Crippen LogP contribution in [-0.4, -0.2) is 21.8 Å². The van der Waals surface area contributed by atoms with Crippen molar-refractivity contribution in [2.75, 3.05) is 18.1 Å². The molecule has 1 aliphatic rings. The normalized spacial score (nSPS) is 14.3. The van der Waals surface area contributed by atoms with Crippen LogP contribution in [0.3, 0.4) is 0 Å². The van der Waals surface area contributed by atoms with Crippen LogP contribution in [0.5, 0.6) is 11.5 Å². The highest BCUT2D eigenvalue weighted by molar-refractivity contribution is 9.10. The summed E-state index contributed by atoms with van der Waals surface area (Å²) in [4.78, 5) is 0. The fraction of sp³-hybridized carbons (Fsp3) is 0.130. The van der Waals surface area contributed by atoms with Crippen LogP contribution in [0.2, 0.25) is 0 Å². The Labute approximate surface area is 184 Å². The highest BCUT2D eigenvalue weighted by Crippen LogP contribution is 2.42. The lowest BCUT2D eigenvalue weighted by atomic mass is 9.92. The maximum atomic E-state index is 11.6. The van der Waals surface area contributed by atoms with Crippen molar-refractivity contribution in [1.82, 2.24) is 0 Å². The molecule has 1 heterocycles. The third-order valence-electron chi connectivity index (χ3n) is 4.74. The molecule has 0 aliphatic carbocycles. The fourth-order valence-corrected chi connectivity index (χ4v) is 4.52. The van der Waals surface area contributed by atoms with E-state index in [1.165, 1.54) is 0 Å². The Balaban J connectivity index is 1.90. The molecule has 1 N–H and O–H groups in total. The maximum absolute atomic E-state index is 11.6. The van der Waals surface area contributed by atoms with Gasteiger partial charge in [0.1, 0.15) is 18.1 Å². The molecule has 154 valence electrons. The molecule has 1 aliphatic heterocycles. The average Bonchev–Trinajstić information content (AvgIpc) is 2.84. The van der Waals surface area contributed by atoms with Crippen LogP contribution in [0.1, 0.15) is 22.3 Å². The lowest BCUT2D eigenvalue weighted by Gasteiger charge is -2.14. The number of anilines is 1. The summed E-state index contributed by atoms with van der Waals surface area (Å²) in [5.74, 6) is 1.42. The van der Waals surface area contributed by atoms with E-state index in [-0.39, 0.29) is 0 Å². The maximum Gasteiger partial charge on any atom is 0.229 e. The lowest BCUT2D eigenvalue weighted by Crippen LogP contribution is -2.09. The second kappa shape index (κ2) is 8.16. The number of hydrogen-bond donors (Lipinski definition) is 1. The SMILES string of the molecule is COc1cc2c(cc1Br)/C(=C/c1cccc(NS(C)(=O)=O)c1)c1ccccc1CO2. The number of sulfonamides is 1. The highest BCUT2D eigenvalue weighted by atomic mass is 79.9. The second-order valence-corrected chi connectivity index (χ2v) is 9.59. The van der Waals surface area contributed by atoms with E-state index >= 15 is 0 Å². The van der Waals surface area contributed by atoms with Crippen LogP contribution < -0.4 is 14.2 Å². The average molecular weight is 486 g/mol. The molecule has 0 fully saturated rings. The third kappa shape index (κ3) is 4.37. The number of benzene rings is 3. The lowest BCUT2D eigenvalue weighted by molar-refractivity contribution is 0.304. The van der Waals surface area contributed by atoms with Gasteiger partial charge in [0, 0.05) is 17.3 Å². The Morgan fingerprint density at radius 1 is 1.07 bits per heavy atom. The van der Waals surface area contributed by atoms with Gasteiger partial charge in [-0.05, 0) is 62.5 Å². The van der Waals surface area contributed by atoms with E-state index in [9.17, 15) is 8.42 Å². The predicted octanol–water partition coefficient (Wildman–Crippen LogP) is 5.31. The van der Waals surface area contributed by atoms with E-state index in [1.807, 2.05) is 48.5 Å². The molecule has 3 aromatic rings. The van der Waals surface area contributed by atoms with Crippen molar-refractivity contribution in [3.8, 4) is 11.5 Å². The summed E-state index contributed by atoms with van der Waals surface area (Å²) in [6.45, 7) is 0.445. The smallest absolute Gasteiger partial charge is 0.229 e. The second-order valence-electron chi connectivity index (χ2n) is 6.99. The quantitative estimate of drug-likeness (QED) is 0.543. The van der Waals surface area contributed by atoms with Crippen molar-refractivity contribution in [3.05, 3.63) is 87.4 Å². The Morgan fingerprint density at radius 2 is 1.87 bits per heavy atom. The summed E-state index contributed by atoms with van der Waals surface area (Å²) in [7, 11) is -1.73. The molecule has 0 bridgehead atoms. The summed E-state index contributed by atoms with van der Waals surface area (Å²) in [5.41, 5.74) is 5.43. The van der Waals surface area contributed by atoms with Crippen molar-refractivity contribution >= 4 is 43.3 Å². The Hall–Kier alpha value is -2.77. The number of halogens is 1. The van der Waals surface area contributed by atoms with E-state index in [4.69, 9.17) is 9.47 Å². The topological polar surface area (TPSA) is 64.6 Å². The monoisotopic (exact) mass is 485 g/mol. The molecule has 30 heavy (non-hydrogen) atoms. The zero-order chi connectivity index (χ0) is 21.3. The van der Waals surface area contributed by atoms with Crippen LogP contribution in [0.4, 0.5) is 5.69 Å². The first kappa shape index (κ1) is 20.5. The van der Waals surface area contributed by atoms with Crippen molar-refractivity contribution in [3.63, 3.8) is 0 Å². The van der Waals surface area contributed by atoms with Crippen molar-refractivity contribution < 1.29 is 17.9 Å². The molecule has 0 unspecified atom stereocenters. The van der Waals surface area contributed by atoms with Gasteiger partial charge < -0.3 is 9.47 Å². The van der Waals surface area contributed by atoms with Gasteiger partial charge in [-0.1, -0.05) is 36.4 Å². The standard InChI is InChI=1S/C23H20BrNO4S/c1-28-23-13-22-20(12-21(23)24)19(18-9-4-3-7-16(18)14-29-22)11-15-6-5-8-17(10-15)25-30(2,26)27/h3-13,25H,14H2,1-2H3/b19-11+. The molecule has 0 spiro atoms. The van der Waals surface area contributed by atoms with E-state index in [0.29, 0.717) is 18.0 Å². The molecule has 0 amide bonds. The zero-order valence-corrected chi connectivity index (χ0v) is 18.9. The molecular weight excluding hydrogens is 466 g/mol. The van der Waals surface area contributed by atoms with Gasteiger partial charge in [0.05, 0.1) is 17.8 Å². The fourth-order valence-electron chi connectivity index (χ4n) is 3.46. The first-order valence-corrected chi connectivity index (χ1v) is 11.9. The summed E-state index contributed by atoms with van der Waals surface area (Å²) < 4.78 is 38.1. The van der Waals surface area contributed by atoms with Crippen LogP contribution >= 0.6 is 15.9 Å². The summed E-state index contributed by atoms with van der Waals surface area (Å²) in [6, 6.07) is 19.3. The van der Waals surface area contributed by atoms with E-state index in [0.717, 1.165) is 44.3 Å². The summed E-state index contributed by atoms with van der Waals surface area (Å²) in [5, 5.41) is 0. The minimum Gasteiger partial charge on any atom is -0.495 e. The van der Waals surface area contributed by atoms with E-state index < -0.39 is 10.0 Å². The number of methoxy groups -OCH3 is 1. The minimum absolute atomic E-state index is 0.445. The van der Waals surface area contributed by atoms with Crippen LogP contribution in [0.25, 0.3) is 11.6 Å². The van der Waals surface area contributed by atoms with Gasteiger partial charge in [-0.25, -0.2) is 8.42 Å². The first-order valence-electron chi connectivity index (χ1n) is 9.22. The third-order valence-corrected chi connectivity index (χ3v) is 5.96. The van der Waals surface area contributed by atoms with Gasteiger partial charge in [-0.15, -0.1) is 0 Å². The van der Waals surface area contributed by atoms with E-state index in [1.54, 1.807) is 19.2 Å². The minimum atomic E-state index is -3.35. The molecule has 3 aromatic carbocycles. The van der Waals surface area contributed by atoms with Gasteiger partial charge in [-0.2, -0.15) is 0 Å². The Kier molecular flexibility index (Phi) is 5.58. The zero-order valence-electron chi connectivity index (χ0n) is 16.5. The highest BCUT2D eigenvalue weighted by Gasteiger charge is 2.21. The van der Waals surface area contributed by atoms with Gasteiger partial charge in [-0.3, -0.25) is 4.72 Å². The number of rotatable bonds is 4. The van der Waals surface area contributed by atoms with Gasteiger partial charge in [0.15, 0.2) is 0 Å². The van der Waals surface area contributed by atoms with Crippen molar-refractivity contribution in [2.45, 2.75) is 6.61 Å². The van der Waals surface area contributed by atoms with Gasteiger partial charge in [0.2, 0.25) is 10.0 Å². The van der Waals surface area contributed by atoms with Crippen molar-refractivity contribution in [1.29, 1.82) is 0 Å². The Bertz CT molecular complexity index is 1250. The predicted molar refractivity (Wildman–Crippen MR) is 123 cm³/mol. The number of hydrogen-bond acceptors (Lipinski definition) is 4. The first-order chi connectivity index (χ1) is 14.3. The largest absolute Gasteiger partial charge is 0.495 e. The number of fused-ring (bicyclic) bond motifs is 2. The van der Waals surface area contributed by atoms with Crippen LogP contribution in [-0.2, 0) is 16.6 Å². The summed E-state index contributed by atoms with van der Waals surface area (Å²) in [6.07, 6.45) is 3.18. The van der Waals surface area contributed by atoms with Crippen molar-refractivity contribution in [2.24, 2.45) is 0 Å². The molecule has 7 heteroatoms. The van der Waals surface area contributed by atoms with Gasteiger partial charge in [0.25, 0.3) is 0 Å². The number of ether oxygens (including phenoxy) is 2. The molecule has 0 saturated heterocycles. The van der Waals surface area contributed by atoms with E-state index in [2.05, 4.69) is 26.7 Å². The molecule has 0 aromatic heterocycles. The molecule has 5 nitrogen and oxygen atoms in total. The molecule has 0 saturated carbocycles. The number of nitrogens with one attached hydrogen (secondary N) is 1. The van der Waals surface area contributed by atoms with Crippen LogP contribution in [0.15, 0.2) is 65.1 Å². The Morgan fingerprint density at radius 3 is 2.63 bits per heavy atom. The molecule has 0 atom stereocenters. The molecule has 0 radical (unpaired) electrons. The summed E-state index contributed by atoms with van der Waals surface area (Å²) >= 11 is 3.57. The molecular formula is C23H20BrNO4S.